The van der Waals surface area contributed by atoms with E-state index >= 15 is 0 Å². The molecule has 1 amide bonds. The van der Waals surface area contributed by atoms with Crippen molar-refractivity contribution in [2.75, 3.05) is 57.7 Å². The molecule has 1 aliphatic heterocycles. The van der Waals surface area contributed by atoms with Crippen LogP contribution in [0.4, 0.5) is 10.8 Å². The number of hydrogen-bond donors (Lipinski definition) is 1. The van der Waals surface area contributed by atoms with E-state index in [-0.39, 0.29) is 5.91 Å². The Hall–Kier alpha value is -3.18. The Morgan fingerprint density at radius 3 is 2.53 bits per heavy atom. The van der Waals surface area contributed by atoms with Crippen molar-refractivity contribution in [3.05, 3.63) is 36.4 Å². The van der Waals surface area contributed by atoms with Gasteiger partial charge in [-0.05, 0) is 19.2 Å². The van der Waals surface area contributed by atoms with Gasteiger partial charge in [0.05, 0.1) is 20.4 Å². The second-order valence-electron chi connectivity index (χ2n) is 6.83. The molecule has 0 aliphatic carbocycles. The van der Waals surface area contributed by atoms with Crippen molar-refractivity contribution < 1.29 is 14.3 Å². The highest BCUT2D eigenvalue weighted by atomic mass is 32.1. The number of rotatable bonds is 6. The number of benzene rings is 1. The lowest BCUT2D eigenvalue weighted by molar-refractivity contribution is 0.102. The first-order valence-electron chi connectivity index (χ1n) is 9.42. The third kappa shape index (κ3) is 4.07. The first-order valence-corrected chi connectivity index (χ1v) is 10.2. The van der Waals surface area contributed by atoms with Crippen LogP contribution in [0.1, 0.15) is 10.5 Å². The Bertz CT molecular complexity index is 1030. The Morgan fingerprint density at radius 1 is 1.07 bits per heavy atom. The molecular formula is C19H23N7O3S. The first kappa shape index (κ1) is 20.1. The Labute approximate surface area is 178 Å². The number of methoxy groups -OCH3 is 2. The van der Waals surface area contributed by atoms with E-state index in [4.69, 9.17) is 9.47 Å². The van der Waals surface area contributed by atoms with Gasteiger partial charge in [-0.15, -0.1) is 10.2 Å². The van der Waals surface area contributed by atoms with E-state index in [1.165, 1.54) is 17.5 Å². The van der Waals surface area contributed by atoms with Crippen LogP contribution in [0.25, 0.3) is 5.13 Å². The van der Waals surface area contributed by atoms with E-state index in [1.807, 2.05) is 0 Å². The lowest BCUT2D eigenvalue weighted by Gasteiger charge is -2.31. The van der Waals surface area contributed by atoms with Gasteiger partial charge in [0.1, 0.15) is 12.0 Å². The number of carbonyl (C=O) groups excluding carboxylic acids is 1. The van der Waals surface area contributed by atoms with Crippen LogP contribution in [0.5, 0.6) is 11.5 Å². The maximum absolute atomic E-state index is 12.9. The number of anilines is 2. The lowest BCUT2D eigenvalue weighted by atomic mass is 10.2. The molecule has 0 saturated carbocycles. The molecule has 0 radical (unpaired) electrons. The number of likely N-dealkylation sites (N-methyl/N-ethyl adjacent to an activating group) is 1. The smallest absolute Gasteiger partial charge is 0.274 e. The fraction of sp³-hybridized carbons (Fsp3) is 0.368. The largest absolute Gasteiger partial charge is 0.493 e. The summed E-state index contributed by atoms with van der Waals surface area (Å²) in [6.07, 6.45) is 3.07. The summed E-state index contributed by atoms with van der Waals surface area (Å²) in [7, 11) is 5.22. The van der Waals surface area contributed by atoms with Crippen LogP contribution >= 0.6 is 11.3 Å². The number of nitrogens with zero attached hydrogens (tertiary/aromatic N) is 6. The van der Waals surface area contributed by atoms with Crippen molar-refractivity contribution in [1.29, 1.82) is 0 Å². The number of aromatic nitrogens is 4. The zero-order chi connectivity index (χ0) is 21.1. The van der Waals surface area contributed by atoms with E-state index < -0.39 is 0 Å². The number of nitrogens with one attached hydrogen (secondary N) is 1. The third-order valence-corrected chi connectivity index (χ3v) is 5.88. The van der Waals surface area contributed by atoms with Gasteiger partial charge in [0, 0.05) is 37.9 Å². The SMILES string of the molecule is COc1ccc(NC(=O)c2cncn2-c2nnc(N3CCN(C)CC3)s2)cc1OC. The van der Waals surface area contributed by atoms with Gasteiger partial charge >= 0.3 is 0 Å². The van der Waals surface area contributed by atoms with Crippen molar-refractivity contribution in [3.63, 3.8) is 0 Å². The van der Waals surface area contributed by atoms with Gasteiger partial charge in [0.2, 0.25) is 10.3 Å². The van der Waals surface area contributed by atoms with Crippen molar-refractivity contribution in [2.24, 2.45) is 0 Å². The number of imidazole rings is 1. The molecule has 10 nitrogen and oxygen atoms in total. The molecule has 3 heterocycles. The van der Waals surface area contributed by atoms with Crippen molar-refractivity contribution in [3.8, 4) is 16.6 Å². The molecule has 1 aromatic carbocycles. The zero-order valence-corrected chi connectivity index (χ0v) is 17.8. The van der Waals surface area contributed by atoms with Gasteiger partial charge in [-0.3, -0.25) is 9.36 Å². The average Bonchev–Trinajstić information content (AvgIpc) is 3.43. The minimum atomic E-state index is -0.309. The Kier molecular flexibility index (Phi) is 5.81. The maximum Gasteiger partial charge on any atom is 0.274 e. The quantitative estimate of drug-likeness (QED) is 0.633. The second kappa shape index (κ2) is 8.67. The van der Waals surface area contributed by atoms with Crippen LogP contribution in [-0.2, 0) is 0 Å². The summed E-state index contributed by atoms with van der Waals surface area (Å²) in [5.41, 5.74) is 0.951. The summed E-state index contributed by atoms with van der Waals surface area (Å²) < 4.78 is 12.2. The highest BCUT2D eigenvalue weighted by molar-refractivity contribution is 7.17. The number of piperazine rings is 1. The van der Waals surface area contributed by atoms with Crippen molar-refractivity contribution >= 4 is 28.1 Å². The molecular weight excluding hydrogens is 406 g/mol. The molecule has 3 aromatic rings. The standard InChI is InChI=1S/C19H23N7O3S/c1-24-6-8-25(9-7-24)18-22-23-19(30-18)26-12-20-11-14(26)17(27)21-13-4-5-15(28-2)16(10-13)29-3/h4-5,10-12H,6-9H2,1-3H3,(H,21,27). The molecule has 1 fully saturated rings. The van der Waals surface area contributed by atoms with E-state index in [0.29, 0.717) is 28.0 Å². The summed E-state index contributed by atoms with van der Waals surface area (Å²) in [6.45, 7) is 3.78. The number of carbonyl (C=O) groups is 1. The molecule has 30 heavy (non-hydrogen) atoms. The van der Waals surface area contributed by atoms with Crippen LogP contribution in [0.2, 0.25) is 0 Å². The fourth-order valence-corrected chi connectivity index (χ4v) is 4.04. The van der Waals surface area contributed by atoms with Gasteiger partial charge in [-0.2, -0.15) is 0 Å². The summed E-state index contributed by atoms with van der Waals surface area (Å²) in [6, 6.07) is 5.18. The predicted octanol–water partition coefficient (Wildman–Crippen LogP) is 1.75. The highest BCUT2D eigenvalue weighted by Gasteiger charge is 2.21. The monoisotopic (exact) mass is 429 g/mol. The lowest BCUT2D eigenvalue weighted by Crippen LogP contribution is -2.44. The molecule has 1 N–H and O–H groups in total. The minimum Gasteiger partial charge on any atom is -0.493 e. The number of ether oxygens (including phenoxy) is 2. The van der Waals surface area contributed by atoms with E-state index in [2.05, 4.69) is 37.3 Å². The first-order chi connectivity index (χ1) is 14.6. The van der Waals surface area contributed by atoms with E-state index in [9.17, 15) is 4.79 Å². The summed E-state index contributed by atoms with van der Waals surface area (Å²) >= 11 is 1.44. The summed E-state index contributed by atoms with van der Waals surface area (Å²) in [5, 5.41) is 12.9. The van der Waals surface area contributed by atoms with E-state index in [0.717, 1.165) is 31.3 Å². The molecule has 11 heteroatoms. The Morgan fingerprint density at radius 2 is 1.80 bits per heavy atom. The van der Waals surface area contributed by atoms with Gasteiger partial charge in [0.15, 0.2) is 11.5 Å². The highest BCUT2D eigenvalue weighted by Crippen LogP contribution is 2.30. The number of hydrogen-bond acceptors (Lipinski definition) is 9. The molecule has 0 spiro atoms. The van der Waals surface area contributed by atoms with Crippen LogP contribution in [0, 0.1) is 0 Å². The van der Waals surface area contributed by atoms with Crippen molar-refractivity contribution in [1.82, 2.24) is 24.6 Å². The van der Waals surface area contributed by atoms with Crippen LogP contribution < -0.4 is 19.7 Å². The molecule has 1 saturated heterocycles. The molecule has 1 aliphatic rings. The minimum absolute atomic E-state index is 0.309. The molecule has 158 valence electrons. The maximum atomic E-state index is 12.9. The zero-order valence-electron chi connectivity index (χ0n) is 17.0. The summed E-state index contributed by atoms with van der Waals surface area (Å²) in [5.74, 6) is 0.812. The Balaban J connectivity index is 1.51. The summed E-state index contributed by atoms with van der Waals surface area (Å²) in [4.78, 5) is 21.5. The average molecular weight is 430 g/mol. The van der Waals surface area contributed by atoms with Gasteiger partial charge < -0.3 is 24.6 Å². The molecule has 0 bridgehead atoms. The molecule has 2 aromatic heterocycles. The predicted molar refractivity (Wildman–Crippen MR) is 114 cm³/mol. The van der Waals surface area contributed by atoms with Gasteiger partial charge in [-0.25, -0.2) is 4.98 Å². The topological polar surface area (TPSA) is 97.6 Å². The molecule has 4 rings (SSSR count). The fourth-order valence-electron chi connectivity index (χ4n) is 3.16. The van der Waals surface area contributed by atoms with Crippen molar-refractivity contribution in [2.45, 2.75) is 0 Å². The van der Waals surface area contributed by atoms with Crippen LogP contribution in [-0.4, -0.2) is 78.0 Å². The van der Waals surface area contributed by atoms with Crippen LogP contribution in [0.3, 0.4) is 0 Å². The van der Waals surface area contributed by atoms with E-state index in [1.54, 1.807) is 43.3 Å². The van der Waals surface area contributed by atoms with Gasteiger partial charge in [-0.1, -0.05) is 11.3 Å². The molecule has 0 atom stereocenters. The number of amides is 1. The molecule has 0 unspecified atom stereocenters. The van der Waals surface area contributed by atoms with Crippen LogP contribution in [0.15, 0.2) is 30.7 Å². The second-order valence-corrected chi connectivity index (χ2v) is 7.76. The third-order valence-electron chi connectivity index (χ3n) is 4.90. The van der Waals surface area contributed by atoms with Gasteiger partial charge in [0.25, 0.3) is 5.91 Å². The normalized spacial score (nSPS) is 14.6.